The standard InChI is InChI=1S/C15H18ClN/c16-13-9-7-12(8-10-13)15(11-5-6-11)17-14-3-1-2-4-14/h1-2,7-11,14-15,17H,3-6H2. The molecule has 0 amide bonds. The average Bonchev–Trinajstić information content (AvgIpc) is 3.05. The summed E-state index contributed by atoms with van der Waals surface area (Å²) in [6, 6.07) is 9.50. The van der Waals surface area contributed by atoms with E-state index in [0.29, 0.717) is 12.1 Å². The second-order valence-corrected chi connectivity index (χ2v) is 5.61. The average molecular weight is 248 g/mol. The van der Waals surface area contributed by atoms with Gasteiger partial charge in [-0.25, -0.2) is 0 Å². The maximum absolute atomic E-state index is 5.95. The van der Waals surface area contributed by atoms with Gasteiger partial charge in [0.2, 0.25) is 0 Å². The summed E-state index contributed by atoms with van der Waals surface area (Å²) in [5.41, 5.74) is 1.39. The van der Waals surface area contributed by atoms with E-state index in [1.54, 1.807) is 0 Å². The van der Waals surface area contributed by atoms with Crippen LogP contribution in [0.4, 0.5) is 0 Å². The summed E-state index contributed by atoms with van der Waals surface area (Å²) in [6.07, 6.45) is 9.64. The second-order valence-electron chi connectivity index (χ2n) is 5.17. The lowest BCUT2D eigenvalue weighted by Crippen LogP contribution is -2.32. The molecule has 3 rings (SSSR count). The molecular weight excluding hydrogens is 230 g/mol. The minimum atomic E-state index is 0.525. The SMILES string of the molecule is Clc1ccc(C(NC2CC=CC2)C2CC2)cc1. The van der Waals surface area contributed by atoms with Crippen molar-refractivity contribution < 1.29 is 0 Å². The first-order valence-electron chi connectivity index (χ1n) is 6.49. The van der Waals surface area contributed by atoms with E-state index >= 15 is 0 Å². The Hall–Kier alpha value is -0.790. The fourth-order valence-corrected chi connectivity index (χ4v) is 2.74. The molecule has 1 unspecified atom stereocenters. The molecule has 90 valence electrons. The first-order chi connectivity index (χ1) is 8.33. The van der Waals surface area contributed by atoms with Crippen molar-refractivity contribution in [1.29, 1.82) is 0 Å². The zero-order valence-corrected chi connectivity index (χ0v) is 10.7. The predicted octanol–water partition coefficient (Wildman–Crippen LogP) is 4.10. The van der Waals surface area contributed by atoms with Gasteiger partial charge < -0.3 is 5.32 Å². The minimum Gasteiger partial charge on any atom is -0.306 e. The van der Waals surface area contributed by atoms with Gasteiger partial charge in [0.25, 0.3) is 0 Å². The molecule has 0 bridgehead atoms. The molecule has 17 heavy (non-hydrogen) atoms. The normalized spacial score (nSPS) is 21.9. The minimum absolute atomic E-state index is 0.525. The fourth-order valence-electron chi connectivity index (χ4n) is 2.61. The monoisotopic (exact) mass is 247 g/mol. The van der Waals surface area contributed by atoms with Gasteiger partial charge >= 0.3 is 0 Å². The molecule has 0 spiro atoms. The van der Waals surface area contributed by atoms with E-state index in [-0.39, 0.29) is 0 Å². The van der Waals surface area contributed by atoms with Gasteiger partial charge in [-0.15, -0.1) is 0 Å². The number of hydrogen-bond acceptors (Lipinski definition) is 1. The van der Waals surface area contributed by atoms with Crippen molar-refractivity contribution in [1.82, 2.24) is 5.32 Å². The van der Waals surface area contributed by atoms with Crippen LogP contribution >= 0.6 is 11.6 Å². The second kappa shape index (κ2) is 4.83. The van der Waals surface area contributed by atoms with E-state index in [2.05, 4.69) is 29.6 Å². The predicted molar refractivity (Wildman–Crippen MR) is 72.2 cm³/mol. The molecule has 2 aliphatic carbocycles. The lowest BCUT2D eigenvalue weighted by molar-refractivity contribution is 0.413. The molecule has 0 heterocycles. The van der Waals surface area contributed by atoms with Gasteiger partial charge in [-0.1, -0.05) is 35.9 Å². The summed E-state index contributed by atoms with van der Waals surface area (Å²) < 4.78 is 0. The van der Waals surface area contributed by atoms with E-state index in [4.69, 9.17) is 11.6 Å². The molecular formula is C15H18ClN. The Bertz CT molecular complexity index is 397. The van der Waals surface area contributed by atoms with Gasteiger partial charge in [-0.05, 0) is 49.3 Å². The summed E-state index contributed by atoms with van der Waals surface area (Å²) >= 11 is 5.95. The topological polar surface area (TPSA) is 12.0 Å². The van der Waals surface area contributed by atoms with Crippen molar-refractivity contribution in [3.05, 3.63) is 47.0 Å². The highest BCUT2D eigenvalue weighted by molar-refractivity contribution is 6.30. The van der Waals surface area contributed by atoms with Crippen LogP contribution in [0.3, 0.4) is 0 Å². The Balaban J connectivity index is 1.72. The molecule has 1 aromatic carbocycles. The van der Waals surface area contributed by atoms with Crippen molar-refractivity contribution >= 4 is 11.6 Å². The molecule has 1 nitrogen and oxygen atoms in total. The van der Waals surface area contributed by atoms with Crippen LogP contribution in [0.5, 0.6) is 0 Å². The maximum atomic E-state index is 5.95. The van der Waals surface area contributed by atoms with Crippen molar-refractivity contribution in [3.63, 3.8) is 0 Å². The Morgan fingerprint density at radius 3 is 2.29 bits per heavy atom. The molecule has 2 heteroatoms. The highest BCUT2D eigenvalue weighted by Gasteiger charge is 2.33. The Labute approximate surface area is 108 Å². The van der Waals surface area contributed by atoms with Gasteiger partial charge in [-0.2, -0.15) is 0 Å². The number of benzene rings is 1. The summed E-state index contributed by atoms with van der Waals surface area (Å²) in [6.45, 7) is 0. The first-order valence-corrected chi connectivity index (χ1v) is 6.87. The smallest absolute Gasteiger partial charge is 0.0406 e. The van der Waals surface area contributed by atoms with Crippen LogP contribution in [0, 0.1) is 5.92 Å². The van der Waals surface area contributed by atoms with E-state index in [0.717, 1.165) is 10.9 Å². The highest BCUT2D eigenvalue weighted by atomic mass is 35.5. The molecule has 1 fully saturated rings. The molecule has 2 aliphatic rings. The summed E-state index contributed by atoms with van der Waals surface area (Å²) in [5.74, 6) is 0.830. The zero-order chi connectivity index (χ0) is 11.7. The Morgan fingerprint density at radius 1 is 1.06 bits per heavy atom. The lowest BCUT2D eigenvalue weighted by atomic mass is 10.0. The lowest BCUT2D eigenvalue weighted by Gasteiger charge is -2.23. The van der Waals surface area contributed by atoms with E-state index < -0.39 is 0 Å². The molecule has 0 aromatic heterocycles. The highest BCUT2D eigenvalue weighted by Crippen LogP contribution is 2.41. The third-order valence-corrected chi connectivity index (χ3v) is 4.00. The number of rotatable bonds is 4. The molecule has 0 saturated heterocycles. The van der Waals surface area contributed by atoms with E-state index in [9.17, 15) is 0 Å². The maximum Gasteiger partial charge on any atom is 0.0406 e. The Morgan fingerprint density at radius 2 is 1.71 bits per heavy atom. The van der Waals surface area contributed by atoms with Crippen molar-refractivity contribution in [2.75, 3.05) is 0 Å². The third kappa shape index (κ3) is 2.72. The molecule has 1 saturated carbocycles. The third-order valence-electron chi connectivity index (χ3n) is 3.75. The molecule has 1 atom stereocenters. The number of halogens is 1. The quantitative estimate of drug-likeness (QED) is 0.790. The van der Waals surface area contributed by atoms with Crippen molar-refractivity contribution in [2.45, 2.75) is 37.8 Å². The Kier molecular flexibility index (Phi) is 3.21. The van der Waals surface area contributed by atoms with Crippen LogP contribution in [0.1, 0.15) is 37.3 Å². The van der Waals surface area contributed by atoms with Gasteiger partial charge in [0, 0.05) is 17.1 Å². The van der Waals surface area contributed by atoms with Crippen LogP contribution in [0.15, 0.2) is 36.4 Å². The molecule has 1 aromatic rings. The first kappa shape index (κ1) is 11.3. The van der Waals surface area contributed by atoms with Gasteiger partial charge in [0.05, 0.1) is 0 Å². The molecule has 0 radical (unpaired) electrons. The summed E-state index contributed by atoms with van der Waals surface area (Å²) in [4.78, 5) is 0. The zero-order valence-electron chi connectivity index (χ0n) is 9.90. The van der Waals surface area contributed by atoms with E-state index in [1.165, 1.54) is 31.2 Å². The van der Waals surface area contributed by atoms with Crippen LogP contribution in [0.25, 0.3) is 0 Å². The van der Waals surface area contributed by atoms with Gasteiger partial charge in [0.1, 0.15) is 0 Å². The summed E-state index contributed by atoms with van der Waals surface area (Å²) in [5, 5.41) is 4.63. The van der Waals surface area contributed by atoms with E-state index in [1.807, 2.05) is 12.1 Å². The number of hydrogen-bond donors (Lipinski definition) is 1. The summed E-state index contributed by atoms with van der Waals surface area (Å²) in [7, 11) is 0. The number of nitrogens with one attached hydrogen (secondary N) is 1. The van der Waals surface area contributed by atoms with Crippen LogP contribution < -0.4 is 5.32 Å². The van der Waals surface area contributed by atoms with Crippen LogP contribution in [-0.4, -0.2) is 6.04 Å². The molecule has 1 N–H and O–H groups in total. The molecule has 0 aliphatic heterocycles. The van der Waals surface area contributed by atoms with Gasteiger partial charge in [-0.3, -0.25) is 0 Å². The van der Waals surface area contributed by atoms with Crippen molar-refractivity contribution in [3.8, 4) is 0 Å². The van der Waals surface area contributed by atoms with Crippen molar-refractivity contribution in [2.24, 2.45) is 5.92 Å². The van der Waals surface area contributed by atoms with Crippen LogP contribution in [0.2, 0.25) is 5.02 Å². The van der Waals surface area contributed by atoms with Crippen LogP contribution in [-0.2, 0) is 0 Å². The van der Waals surface area contributed by atoms with Gasteiger partial charge in [0.15, 0.2) is 0 Å². The largest absolute Gasteiger partial charge is 0.306 e. The fraction of sp³-hybridized carbons (Fsp3) is 0.467.